The molecule has 3 rings (SSSR count). The number of carbonyl (C=O) groups excluding carboxylic acids is 3. The maximum Gasteiger partial charge on any atom is 0.349 e. The minimum Gasteiger partial charge on any atom is -0.478 e. The second-order valence-corrected chi connectivity index (χ2v) is 7.16. The Hall–Kier alpha value is -4.17. The van der Waals surface area contributed by atoms with Crippen LogP contribution in [0, 0.1) is 0 Å². The number of hydrogen-bond acceptors (Lipinski definition) is 6. The van der Waals surface area contributed by atoms with Gasteiger partial charge in [-0.05, 0) is 42.5 Å². The van der Waals surface area contributed by atoms with Gasteiger partial charge in [-0.25, -0.2) is 14.4 Å². The van der Waals surface area contributed by atoms with Gasteiger partial charge < -0.3 is 19.9 Å². The molecule has 0 aliphatic carbocycles. The highest BCUT2D eigenvalue weighted by Gasteiger charge is 2.41. The predicted octanol–water partition coefficient (Wildman–Crippen LogP) is 3.81. The van der Waals surface area contributed by atoms with Crippen LogP contribution in [0.25, 0.3) is 0 Å². The van der Waals surface area contributed by atoms with Gasteiger partial charge >= 0.3 is 17.9 Å². The van der Waals surface area contributed by atoms with E-state index in [2.05, 4.69) is 5.32 Å². The van der Waals surface area contributed by atoms with Gasteiger partial charge in [0.05, 0.1) is 11.1 Å². The summed E-state index contributed by atoms with van der Waals surface area (Å²) >= 11 is 5.92. The number of carbonyl (C=O) groups is 4. The van der Waals surface area contributed by atoms with Gasteiger partial charge in [-0.1, -0.05) is 54.1 Å². The minimum atomic E-state index is -2.12. The first-order valence-corrected chi connectivity index (χ1v) is 10.0. The van der Waals surface area contributed by atoms with E-state index >= 15 is 0 Å². The number of ether oxygens (including phenoxy) is 2. The molecule has 3 aromatic rings. The van der Waals surface area contributed by atoms with E-state index in [0.29, 0.717) is 5.02 Å². The van der Waals surface area contributed by atoms with Crippen LogP contribution in [0.2, 0.25) is 5.02 Å². The Morgan fingerprint density at radius 1 is 0.727 bits per heavy atom. The SMILES string of the molecule is O=C(O[C@@H](C(=O)O)[C@@H](OC(=O)c1ccccc1)C(=O)Nc1cccc(Cl)c1)c1ccccc1. The zero-order valence-corrected chi connectivity index (χ0v) is 17.8. The van der Waals surface area contributed by atoms with E-state index in [1.165, 1.54) is 36.4 Å². The Balaban J connectivity index is 1.90. The first-order chi connectivity index (χ1) is 15.8. The van der Waals surface area contributed by atoms with Crippen LogP contribution in [-0.4, -0.2) is 41.1 Å². The molecule has 8 nitrogen and oxygen atoms in total. The summed E-state index contributed by atoms with van der Waals surface area (Å²) in [6, 6.07) is 21.3. The normalized spacial score (nSPS) is 12.2. The number of anilines is 1. The van der Waals surface area contributed by atoms with Gasteiger partial charge in [0.1, 0.15) is 0 Å². The van der Waals surface area contributed by atoms with Crippen molar-refractivity contribution < 1.29 is 33.8 Å². The van der Waals surface area contributed by atoms with Crippen LogP contribution in [-0.2, 0) is 19.1 Å². The fourth-order valence-corrected chi connectivity index (χ4v) is 2.98. The Bertz CT molecular complexity index is 1150. The van der Waals surface area contributed by atoms with Crippen molar-refractivity contribution in [3.8, 4) is 0 Å². The molecule has 0 radical (unpaired) electrons. The largest absolute Gasteiger partial charge is 0.478 e. The van der Waals surface area contributed by atoms with E-state index in [4.69, 9.17) is 21.1 Å². The molecular formula is C24H18ClNO7. The molecule has 0 aliphatic heterocycles. The van der Waals surface area contributed by atoms with Gasteiger partial charge in [0.25, 0.3) is 5.91 Å². The van der Waals surface area contributed by atoms with Gasteiger partial charge in [0.2, 0.25) is 12.2 Å². The smallest absolute Gasteiger partial charge is 0.349 e. The zero-order valence-electron chi connectivity index (χ0n) is 17.0. The molecule has 0 bridgehead atoms. The number of carboxylic acid groups (broad SMARTS) is 1. The molecule has 0 spiro atoms. The Morgan fingerprint density at radius 2 is 1.24 bits per heavy atom. The Labute approximate surface area is 193 Å². The third-order valence-corrected chi connectivity index (χ3v) is 4.59. The van der Waals surface area contributed by atoms with Gasteiger partial charge in [-0.3, -0.25) is 4.79 Å². The first kappa shape index (κ1) is 23.5. The van der Waals surface area contributed by atoms with E-state index in [-0.39, 0.29) is 16.8 Å². The molecule has 33 heavy (non-hydrogen) atoms. The third kappa shape index (κ3) is 6.41. The lowest BCUT2D eigenvalue weighted by Gasteiger charge is -2.23. The molecule has 0 fully saturated rings. The molecule has 1 amide bonds. The van der Waals surface area contributed by atoms with Gasteiger partial charge in [-0.2, -0.15) is 0 Å². The van der Waals surface area contributed by atoms with Crippen LogP contribution < -0.4 is 5.32 Å². The molecule has 2 N–H and O–H groups in total. The number of rotatable bonds is 8. The van der Waals surface area contributed by atoms with Crippen molar-refractivity contribution in [2.75, 3.05) is 5.32 Å². The van der Waals surface area contributed by atoms with E-state index in [0.717, 1.165) is 0 Å². The molecular weight excluding hydrogens is 450 g/mol. The topological polar surface area (TPSA) is 119 Å². The average Bonchev–Trinajstić information content (AvgIpc) is 2.82. The number of esters is 2. The number of carboxylic acids is 1. The van der Waals surface area contributed by atoms with Crippen molar-refractivity contribution in [3.05, 3.63) is 101 Å². The number of halogens is 1. The molecule has 3 aromatic carbocycles. The van der Waals surface area contributed by atoms with Crippen LogP contribution in [0.5, 0.6) is 0 Å². The predicted molar refractivity (Wildman–Crippen MR) is 119 cm³/mol. The highest BCUT2D eigenvalue weighted by atomic mass is 35.5. The number of hydrogen-bond donors (Lipinski definition) is 2. The van der Waals surface area contributed by atoms with Crippen molar-refractivity contribution in [1.29, 1.82) is 0 Å². The minimum absolute atomic E-state index is 0.0622. The number of amides is 1. The molecule has 0 unspecified atom stereocenters. The second-order valence-electron chi connectivity index (χ2n) is 6.72. The molecule has 168 valence electrons. The fraction of sp³-hybridized carbons (Fsp3) is 0.0833. The molecule has 0 saturated carbocycles. The van der Waals surface area contributed by atoms with E-state index in [9.17, 15) is 24.3 Å². The van der Waals surface area contributed by atoms with Crippen LogP contribution in [0.4, 0.5) is 5.69 Å². The van der Waals surface area contributed by atoms with Crippen molar-refractivity contribution in [2.45, 2.75) is 12.2 Å². The highest BCUT2D eigenvalue weighted by Crippen LogP contribution is 2.18. The molecule has 0 heterocycles. The molecule has 0 aliphatic rings. The lowest BCUT2D eigenvalue weighted by molar-refractivity contribution is -0.157. The van der Waals surface area contributed by atoms with Gasteiger partial charge in [-0.15, -0.1) is 0 Å². The molecule has 0 aromatic heterocycles. The number of benzene rings is 3. The quantitative estimate of drug-likeness (QED) is 0.483. The Kier molecular flexibility index (Phi) is 7.77. The summed E-state index contributed by atoms with van der Waals surface area (Å²) in [5.74, 6) is -4.66. The molecule has 0 saturated heterocycles. The lowest BCUT2D eigenvalue weighted by atomic mass is 10.1. The average molecular weight is 468 g/mol. The molecule has 9 heteroatoms. The molecule has 2 atom stereocenters. The van der Waals surface area contributed by atoms with E-state index in [1.807, 2.05) is 0 Å². The van der Waals surface area contributed by atoms with Crippen LogP contribution in [0.3, 0.4) is 0 Å². The van der Waals surface area contributed by atoms with Gasteiger partial charge in [0.15, 0.2) is 0 Å². The second kappa shape index (κ2) is 10.9. The summed E-state index contributed by atoms with van der Waals surface area (Å²) in [4.78, 5) is 50.0. The van der Waals surface area contributed by atoms with Crippen LogP contribution in [0.1, 0.15) is 20.7 Å². The third-order valence-electron chi connectivity index (χ3n) is 4.36. The first-order valence-electron chi connectivity index (χ1n) is 9.66. The van der Waals surface area contributed by atoms with E-state index < -0.39 is 36.0 Å². The van der Waals surface area contributed by atoms with Gasteiger partial charge in [0, 0.05) is 10.7 Å². The highest BCUT2D eigenvalue weighted by molar-refractivity contribution is 6.30. The summed E-state index contributed by atoms with van der Waals surface area (Å²) in [7, 11) is 0. The van der Waals surface area contributed by atoms with Crippen LogP contribution in [0.15, 0.2) is 84.9 Å². The number of nitrogens with one attached hydrogen (secondary N) is 1. The fourth-order valence-electron chi connectivity index (χ4n) is 2.79. The summed E-state index contributed by atoms with van der Waals surface area (Å²) in [5.41, 5.74) is 0.371. The monoisotopic (exact) mass is 467 g/mol. The van der Waals surface area contributed by atoms with Crippen molar-refractivity contribution >= 4 is 41.1 Å². The number of aliphatic carboxylic acids is 1. The lowest BCUT2D eigenvalue weighted by Crippen LogP contribution is -2.48. The summed E-state index contributed by atoms with van der Waals surface area (Å²) in [6.07, 6.45) is -4.12. The van der Waals surface area contributed by atoms with Crippen molar-refractivity contribution in [3.63, 3.8) is 0 Å². The zero-order chi connectivity index (χ0) is 23.8. The van der Waals surface area contributed by atoms with Crippen molar-refractivity contribution in [1.82, 2.24) is 0 Å². The Morgan fingerprint density at radius 3 is 1.73 bits per heavy atom. The maximum absolute atomic E-state index is 13.0. The summed E-state index contributed by atoms with van der Waals surface area (Å²) < 4.78 is 10.3. The van der Waals surface area contributed by atoms with Crippen LogP contribution >= 0.6 is 11.6 Å². The standard InChI is InChI=1S/C24H18ClNO7/c25-17-12-7-13-18(14-17)26-21(27)19(32-23(30)15-8-3-1-4-9-15)20(22(28)29)33-24(31)16-10-5-2-6-11-16/h1-14,19-20H,(H,26,27)(H,28,29)/t19-,20-/m1/s1. The van der Waals surface area contributed by atoms with E-state index in [1.54, 1.807) is 48.5 Å². The summed E-state index contributed by atoms with van der Waals surface area (Å²) in [6.45, 7) is 0. The summed E-state index contributed by atoms with van der Waals surface area (Å²) in [5, 5.41) is 12.5. The van der Waals surface area contributed by atoms with Crippen molar-refractivity contribution in [2.24, 2.45) is 0 Å². The maximum atomic E-state index is 13.0.